The molecule has 0 radical (unpaired) electrons. The molecule has 1 spiro atoms. The van der Waals surface area contributed by atoms with Gasteiger partial charge in [0.15, 0.2) is 9.84 Å². The highest BCUT2D eigenvalue weighted by Crippen LogP contribution is 2.37. The molecule has 2 aliphatic rings. The summed E-state index contributed by atoms with van der Waals surface area (Å²) in [5.74, 6) is -0.0628. The summed E-state index contributed by atoms with van der Waals surface area (Å²) in [5.41, 5.74) is 8.04. The molecule has 13 heteroatoms. The molecule has 2 unspecified atom stereocenters. The lowest BCUT2D eigenvalue weighted by Gasteiger charge is -2.38. The van der Waals surface area contributed by atoms with E-state index in [0.29, 0.717) is 51.3 Å². The van der Waals surface area contributed by atoms with Crippen LogP contribution in [-0.4, -0.2) is 94.3 Å². The Morgan fingerprint density at radius 1 is 0.978 bits per heavy atom. The number of rotatable bonds is 13. The number of sulfone groups is 1. The second-order valence-electron chi connectivity index (χ2n) is 11.6. The van der Waals surface area contributed by atoms with E-state index in [-0.39, 0.29) is 34.7 Å². The molecule has 2 saturated heterocycles. The number of benzene rings is 3. The van der Waals surface area contributed by atoms with E-state index >= 15 is 0 Å². The van der Waals surface area contributed by atoms with Gasteiger partial charge in [-0.25, -0.2) is 16.8 Å². The number of piperidine rings is 1. The maximum atomic E-state index is 13.6. The van der Waals surface area contributed by atoms with E-state index in [4.69, 9.17) is 20.3 Å². The molecule has 2 atom stereocenters. The second-order valence-corrected chi connectivity index (χ2v) is 15.7. The highest BCUT2D eigenvalue weighted by molar-refractivity contribution is 7.91. The minimum atomic E-state index is -3.68. The smallest absolute Gasteiger partial charge is 0.243 e. The van der Waals surface area contributed by atoms with Gasteiger partial charge in [0.2, 0.25) is 10.0 Å². The summed E-state index contributed by atoms with van der Waals surface area (Å²) in [6, 6.07) is 20.8. The van der Waals surface area contributed by atoms with E-state index in [1.54, 1.807) is 30.3 Å². The number of aliphatic hydroxyl groups excluding tert-OH is 2. The van der Waals surface area contributed by atoms with Crippen molar-refractivity contribution in [1.29, 1.82) is 0 Å². The predicted octanol–water partition coefficient (Wildman–Crippen LogP) is 1.92. The molecule has 5 rings (SSSR count). The van der Waals surface area contributed by atoms with Crippen LogP contribution in [0.3, 0.4) is 0 Å². The van der Waals surface area contributed by atoms with E-state index in [0.717, 1.165) is 16.7 Å². The lowest BCUT2D eigenvalue weighted by molar-refractivity contribution is -0.0312. The number of nitrogens with zero attached hydrogens (tertiary/aromatic N) is 1. The average Bonchev–Trinajstić information content (AvgIpc) is 3.45. The third-order valence-electron chi connectivity index (χ3n) is 8.45. The summed E-state index contributed by atoms with van der Waals surface area (Å²) in [6.07, 6.45) is 1.01. The van der Waals surface area contributed by atoms with Crippen molar-refractivity contribution in [1.82, 2.24) is 9.62 Å². The first kappa shape index (κ1) is 33.5. The van der Waals surface area contributed by atoms with Gasteiger partial charge in [-0.05, 0) is 66.3 Å². The Hall–Kier alpha value is -2.88. The van der Waals surface area contributed by atoms with E-state index in [2.05, 4.69) is 5.32 Å². The van der Waals surface area contributed by atoms with Crippen molar-refractivity contribution in [3.05, 3.63) is 78.4 Å². The molecular formula is C32H41N3O8S2. The zero-order valence-corrected chi connectivity index (χ0v) is 26.7. The fourth-order valence-corrected chi connectivity index (χ4v) is 8.37. The van der Waals surface area contributed by atoms with Gasteiger partial charge >= 0.3 is 0 Å². The van der Waals surface area contributed by atoms with Gasteiger partial charge in [-0.3, -0.25) is 0 Å². The van der Waals surface area contributed by atoms with Gasteiger partial charge in [0.1, 0.15) is 18.5 Å². The van der Waals surface area contributed by atoms with Crippen LogP contribution in [0, 0.1) is 0 Å². The van der Waals surface area contributed by atoms with Crippen molar-refractivity contribution < 1.29 is 36.5 Å². The Kier molecular flexibility index (Phi) is 10.6. The third-order valence-corrected chi connectivity index (χ3v) is 12.0. The number of hydrogen-bond acceptors (Lipinski definition) is 10. The number of sulfonamides is 1. The lowest BCUT2D eigenvalue weighted by Crippen LogP contribution is -2.47. The van der Waals surface area contributed by atoms with Gasteiger partial charge < -0.3 is 30.7 Å². The van der Waals surface area contributed by atoms with Crippen LogP contribution in [0.25, 0.3) is 11.1 Å². The van der Waals surface area contributed by atoms with Crippen LogP contribution in [-0.2, 0) is 31.1 Å². The van der Waals surface area contributed by atoms with Crippen LogP contribution in [0.4, 0.5) is 0 Å². The number of aliphatic hydroxyl groups is 2. The fraction of sp³-hybridized carbons (Fsp3) is 0.438. The topological polar surface area (TPSA) is 168 Å². The Bertz CT molecular complexity index is 1660. The van der Waals surface area contributed by atoms with E-state index in [1.807, 2.05) is 30.3 Å². The summed E-state index contributed by atoms with van der Waals surface area (Å²) in [7, 11) is -7.28. The van der Waals surface area contributed by atoms with Crippen LogP contribution >= 0.6 is 0 Å². The fourth-order valence-electron chi connectivity index (χ4n) is 5.83. The first-order valence-corrected chi connectivity index (χ1v) is 18.1. The van der Waals surface area contributed by atoms with E-state index < -0.39 is 38.2 Å². The van der Waals surface area contributed by atoms with Crippen LogP contribution < -0.4 is 15.8 Å². The van der Waals surface area contributed by atoms with Crippen LogP contribution in [0.1, 0.15) is 24.8 Å². The van der Waals surface area contributed by atoms with Gasteiger partial charge in [-0.2, -0.15) is 4.31 Å². The van der Waals surface area contributed by atoms with Gasteiger partial charge in [-0.15, -0.1) is 0 Å². The lowest BCUT2D eigenvalue weighted by atomic mass is 9.88. The normalized spacial score (nSPS) is 19.5. The molecule has 3 aromatic carbocycles. The molecule has 0 amide bonds. The molecule has 244 valence electrons. The first-order chi connectivity index (χ1) is 21.5. The molecule has 5 N–H and O–H groups in total. The van der Waals surface area contributed by atoms with Crippen LogP contribution in [0.2, 0.25) is 0 Å². The molecule has 0 aliphatic carbocycles. The zero-order chi connectivity index (χ0) is 32.1. The van der Waals surface area contributed by atoms with Crippen molar-refractivity contribution in [2.75, 3.05) is 45.2 Å². The molecule has 2 heterocycles. The Labute approximate surface area is 264 Å². The van der Waals surface area contributed by atoms with Crippen LogP contribution in [0.5, 0.6) is 5.75 Å². The van der Waals surface area contributed by atoms with Crippen molar-refractivity contribution >= 4 is 19.9 Å². The minimum Gasteiger partial charge on any atom is -0.491 e. The molecular weight excluding hydrogens is 618 g/mol. The Morgan fingerprint density at radius 2 is 1.69 bits per heavy atom. The minimum absolute atomic E-state index is 0.00268. The van der Waals surface area contributed by atoms with Gasteiger partial charge in [-0.1, -0.05) is 42.5 Å². The SMILES string of the molecule is NCc1ccc(-c2cccc(S(=O)(=O)N3CCC4(CC3)CC(NCC(O)COc3cccc(S(=O)(=O)CCO)c3)CO4)c2)cc1. The Morgan fingerprint density at radius 3 is 2.40 bits per heavy atom. The quantitative estimate of drug-likeness (QED) is 0.213. The molecule has 2 fully saturated rings. The van der Waals surface area contributed by atoms with Crippen molar-refractivity contribution in [2.24, 2.45) is 5.73 Å². The number of ether oxygens (including phenoxy) is 2. The van der Waals surface area contributed by atoms with Crippen LogP contribution in [0.15, 0.2) is 82.6 Å². The summed E-state index contributed by atoms with van der Waals surface area (Å²) in [4.78, 5) is 0.316. The van der Waals surface area contributed by atoms with E-state index in [9.17, 15) is 21.9 Å². The number of nitrogens with two attached hydrogens (primary N) is 1. The molecule has 2 aliphatic heterocycles. The molecule has 0 bridgehead atoms. The first-order valence-electron chi connectivity index (χ1n) is 15.1. The highest BCUT2D eigenvalue weighted by atomic mass is 32.2. The predicted molar refractivity (Wildman–Crippen MR) is 170 cm³/mol. The maximum absolute atomic E-state index is 13.6. The number of nitrogens with one attached hydrogen (secondary N) is 1. The zero-order valence-electron chi connectivity index (χ0n) is 25.0. The van der Waals surface area contributed by atoms with Gasteiger partial charge in [0.25, 0.3) is 0 Å². The third kappa shape index (κ3) is 8.10. The van der Waals surface area contributed by atoms with Gasteiger partial charge in [0.05, 0.1) is 34.4 Å². The van der Waals surface area contributed by atoms with Crippen molar-refractivity contribution in [3.63, 3.8) is 0 Å². The maximum Gasteiger partial charge on any atom is 0.243 e. The largest absolute Gasteiger partial charge is 0.491 e. The molecule has 0 saturated carbocycles. The molecule has 11 nitrogen and oxygen atoms in total. The second kappa shape index (κ2) is 14.3. The summed E-state index contributed by atoms with van der Waals surface area (Å²) in [5, 5.41) is 22.8. The Balaban J connectivity index is 1.10. The van der Waals surface area contributed by atoms with Crippen molar-refractivity contribution in [3.8, 4) is 16.9 Å². The number of hydrogen-bond donors (Lipinski definition) is 4. The summed E-state index contributed by atoms with van der Waals surface area (Å²) in [6.45, 7) is 1.35. The van der Waals surface area contributed by atoms with Gasteiger partial charge in [0, 0.05) is 32.2 Å². The molecule has 45 heavy (non-hydrogen) atoms. The van der Waals surface area contributed by atoms with Crippen molar-refractivity contribution in [2.45, 2.75) is 53.3 Å². The summed E-state index contributed by atoms with van der Waals surface area (Å²) < 4.78 is 64.8. The highest BCUT2D eigenvalue weighted by Gasteiger charge is 2.44. The standard InChI is InChI=1S/C32H41N3O8S2/c33-20-24-7-9-25(10-8-24)26-3-1-6-31(17-26)45(40,41)35-13-11-32(12-14-35)19-27(22-43-32)34-21-28(37)23-42-29-4-2-5-30(18-29)44(38,39)16-15-36/h1-10,17-18,27-28,34,36-37H,11-16,19-23,33H2. The molecule has 3 aromatic rings. The monoisotopic (exact) mass is 659 g/mol. The average molecular weight is 660 g/mol. The van der Waals surface area contributed by atoms with E-state index in [1.165, 1.54) is 16.4 Å². The molecule has 0 aromatic heterocycles. The summed E-state index contributed by atoms with van der Waals surface area (Å²) >= 11 is 0.